The zero-order chi connectivity index (χ0) is 17.4. The summed E-state index contributed by atoms with van der Waals surface area (Å²) in [7, 11) is 0. The van der Waals surface area contributed by atoms with E-state index in [-0.39, 0.29) is 24.0 Å². The van der Waals surface area contributed by atoms with Gasteiger partial charge >= 0.3 is 0 Å². The number of halogens is 1. The van der Waals surface area contributed by atoms with Gasteiger partial charge in [0.05, 0.1) is 12.6 Å². The summed E-state index contributed by atoms with van der Waals surface area (Å²) in [5.41, 5.74) is 4.32. The Bertz CT molecular complexity index is 671. The number of nitrogens with zero attached hydrogens (tertiary/aromatic N) is 1. The highest BCUT2D eigenvalue weighted by atomic mass is 127. The van der Waals surface area contributed by atoms with E-state index >= 15 is 0 Å². The fourth-order valence-corrected chi connectivity index (χ4v) is 5.11. The summed E-state index contributed by atoms with van der Waals surface area (Å²) < 4.78 is 6.04. The molecule has 0 aromatic heterocycles. The Morgan fingerprint density at radius 2 is 2.12 bits per heavy atom. The summed E-state index contributed by atoms with van der Waals surface area (Å²) in [6, 6.07) is 7.15. The second kappa shape index (κ2) is 8.05. The number of benzene rings is 1. The minimum Gasteiger partial charge on any atom is -0.377 e. The molecule has 3 aliphatic rings. The van der Waals surface area contributed by atoms with Crippen LogP contribution in [-0.2, 0) is 11.3 Å². The number of aliphatic imine (C=N–C) groups is 1. The molecule has 26 heavy (non-hydrogen) atoms. The molecule has 144 valence electrons. The third kappa shape index (κ3) is 3.37. The van der Waals surface area contributed by atoms with Crippen LogP contribution in [0, 0.1) is 25.2 Å². The lowest BCUT2D eigenvalue weighted by molar-refractivity contribution is -0.171. The van der Waals surface area contributed by atoms with E-state index < -0.39 is 0 Å². The Morgan fingerprint density at radius 1 is 1.31 bits per heavy atom. The van der Waals surface area contributed by atoms with Crippen molar-refractivity contribution in [1.29, 1.82) is 0 Å². The van der Waals surface area contributed by atoms with Gasteiger partial charge in [-0.15, -0.1) is 24.0 Å². The monoisotopic (exact) mass is 469 g/mol. The molecule has 3 fully saturated rings. The predicted octanol–water partition coefficient (Wildman–Crippen LogP) is 3.93. The van der Waals surface area contributed by atoms with E-state index in [9.17, 15) is 0 Å². The summed E-state index contributed by atoms with van der Waals surface area (Å²) in [6.45, 7) is 9.00. The van der Waals surface area contributed by atoms with Gasteiger partial charge in [-0.05, 0) is 51.2 Å². The third-order valence-electron chi connectivity index (χ3n) is 6.58. The average Bonchev–Trinajstić information content (AvgIpc) is 2.95. The van der Waals surface area contributed by atoms with Gasteiger partial charge in [0.15, 0.2) is 5.96 Å². The summed E-state index contributed by atoms with van der Waals surface area (Å²) >= 11 is 0. The molecule has 1 aliphatic heterocycles. The van der Waals surface area contributed by atoms with Crippen molar-refractivity contribution in [2.45, 2.75) is 65.1 Å². The molecule has 1 aromatic carbocycles. The highest BCUT2D eigenvalue weighted by Crippen LogP contribution is 2.62. The molecule has 5 heteroatoms. The van der Waals surface area contributed by atoms with Crippen molar-refractivity contribution in [3.05, 3.63) is 34.9 Å². The molecule has 2 saturated carbocycles. The predicted molar refractivity (Wildman–Crippen MR) is 117 cm³/mol. The first kappa shape index (κ1) is 19.9. The first-order valence-electron chi connectivity index (χ1n) is 9.86. The van der Waals surface area contributed by atoms with Gasteiger partial charge in [0.25, 0.3) is 0 Å². The minimum atomic E-state index is 0. The smallest absolute Gasteiger partial charge is 0.191 e. The average molecular weight is 469 g/mol. The van der Waals surface area contributed by atoms with Gasteiger partial charge in [0, 0.05) is 30.5 Å². The van der Waals surface area contributed by atoms with Gasteiger partial charge in [-0.25, -0.2) is 4.99 Å². The van der Waals surface area contributed by atoms with E-state index in [1.807, 2.05) is 0 Å². The van der Waals surface area contributed by atoms with E-state index in [4.69, 9.17) is 9.73 Å². The van der Waals surface area contributed by atoms with Crippen molar-refractivity contribution in [3.63, 3.8) is 0 Å². The molecule has 2 N–H and O–H groups in total. The molecule has 1 saturated heterocycles. The van der Waals surface area contributed by atoms with Crippen LogP contribution in [0.15, 0.2) is 23.2 Å². The SMILES string of the molecule is CCNC(=NCc1ccc(C)cc1C)NC1C2CCOC2C12CCC2.I. The zero-order valence-corrected chi connectivity index (χ0v) is 18.5. The van der Waals surface area contributed by atoms with Crippen LogP contribution in [0.3, 0.4) is 0 Å². The normalized spacial score (nSPS) is 28.6. The summed E-state index contributed by atoms with van der Waals surface area (Å²) in [5, 5.41) is 7.23. The minimum absolute atomic E-state index is 0. The lowest BCUT2D eigenvalue weighted by Crippen LogP contribution is -2.72. The van der Waals surface area contributed by atoms with E-state index in [2.05, 4.69) is 49.6 Å². The largest absolute Gasteiger partial charge is 0.377 e. The zero-order valence-electron chi connectivity index (χ0n) is 16.2. The van der Waals surface area contributed by atoms with Gasteiger partial charge in [-0.3, -0.25) is 0 Å². The first-order valence-corrected chi connectivity index (χ1v) is 9.86. The highest BCUT2D eigenvalue weighted by Gasteiger charge is 2.66. The lowest BCUT2D eigenvalue weighted by Gasteiger charge is -2.63. The first-order chi connectivity index (χ1) is 12.1. The molecular formula is C21H32IN3O. The Labute approximate surface area is 174 Å². The summed E-state index contributed by atoms with van der Waals surface area (Å²) in [5.74, 6) is 1.63. The van der Waals surface area contributed by atoms with Crippen molar-refractivity contribution in [2.24, 2.45) is 16.3 Å². The maximum absolute atomic E-state index is 6.04. The van der Waals surface area contributed by atoms with E-state index in [0.29, 0.717) is 23.5 Å². The molecular weight excluding hydrogens is 437 g/mol. The van der Waals surface area contributed by atoms with Crippen LogP contribution in [0.1, 0.15) is 49.3 Å². The fourth-order valence-electron chi connectivity index (χ4n) is 5.11. The Hall–Kier alpha value is -0.820. The number of guanidine groups is 1. The molecule has 0 bridgehead atoms. The molecule has 0 radical (unpaired) electrons. The van der Waals surface area contributed by atoms with E-state index in [1.54, 1.807) is 0 Å². The third-order valence-corrected chi connectivity index (χ3v) is 6.58. The Kier molecular flexibility index (Phi) is 6.17. The number of fused-ring (bicyclic) bond motifs is 2. The number of hydrogen-bond donors (Lipinski definition) is 2. The van der Waals surface area contributed by atoms with Crippen LogP contribution in [-0.4, -0.2) is 31.3 Å². The quantitative estimate of drug-likeness (QED) is 0.399. The highest BCUT2D eigenvalue weighted by molar-refractivity contribution is 14.0. The van der Waals surface area contributed by atoms with Gasteiger partial charge in [-0.1, -0.05) is 30.2 Å². The number of ether oxygens (including phenoxy) is 1. The van der Waals surface area contributed by atoms with Crippen LogP contribution in [0.4, 0.5) is 0 Å². The van der Waals surface area contributed by atoms with Crippen LogP contribution in [0.2, 0.25) is 0 Å². The maximum Gasteiger partial charge on any atom is 0.191 e. The molecule has 3 atom stereocenters. The van der Waals surface area contributed by atoms with Crippen molar-refractivity contribution >= 4 is 29.9 Å². The second-order valence-electron chi connectivity index (χ2n) is 8.08. The lowest BCUT2D eigenvalue weighted by atomic mass is 9.46. The van der Waals surface area contributed by atoms with Gasteiger partial charge < -0.3 is 15.4 Å². The molecule has 0 amide bonds. The molecule has 1 spiro atoms. The van der Waals surface area contributed by atoms with Crippen molar-refractivity contribution < 1.29 is 4.74 Å². The molecule has 1 aromatic rings. The summed E-state index contributed by atoms with van der Waals surface area (Å²) in [4.78, 5) is 4.89. The maximum atomic E-state index is 6.04. The number of nitrogens with one attached hydrogen (secondary N) is 2. The Balaban J connectivity index is 0.00000196. The molecule has 3 unspecified atom stereocenters. The van der Waals surface area contributed by atoms with E-state index in [0.717, 1.165) is 25.7 Å². The second-order valence-corrected chi connectivity index (χ2v) is 8.08. The summed E-state index contributed by atoms with van der Waals surface area (Å²) in [6.07, 6.45) is 5.66. The molecule has 1 heterocycles. The molecule has 2 aliphatic carbocycles. The van der Waals surface area contributed by atoms with Crippen LogP contribution >= 0.6 is 24.0 Å². The van der Waals surface area contributed by atoms with Gasteiger partial charge in [-0.2, -0.15) is 0 Å². The standard InChI is InChI=1S/C21H31N3O.HI/c1-4-22-20(23-13-16-7-6-14(2)12-15(16)3)24-18-17-8-11-25-19(17)21(18)9-5-10-21;/h6-7,12,17-19H,4-5,8-11,13H2,1-3H3,(H2,22,23,24);1H. The number of aryl methyl sites for hydroxylation is 2. The molecule has 4 rings (SSSR count). The van der Waals surface area contributed by atoms with Crippen LogP contribution < -0.4 is 10.6 Å². The van der Waals surface area contributed by atoms with Crippen LogP contribution in [0.25, 0.3) is 0 Å². The number of rotatable bonds is 4. The Morgan fingerprint density at radius 3 is 2.77 bits per heavy atom. The van der Waals surface area contributed by atoms with Crippen LogP contribution in [0.5, 0.6) is 0 Å². The van der Waals surface area contributed by atoms with Gasteiger partial charge in [0.1, 0.15) is 0 Å². The fraction of sp³-hybridized carbons (Fsp3) is 0.667. The van der Waals surface area contributed by atoms with Crippen molar-refractivity contribution in [1.82, 2.24) is 10.6 Å². The van der Waals surface area contributed by atoms with Gasteiger partial charge in [0.2, 0.25) is 0 Å². The van der Waals surface area contributed by atoms with Crippen molar-refractivity contribution in [3.8, 4) is 0 Å². The topological polar surface area (TPSA) is 45.7 Å². The van der Waals surface area contributed by atoms with E-state index in [1.165, 1.54) is 42.4 Å². The number of hydrogen-bond acceptors (Lipinski definition) is 2. The van der Waals surface area contributed by atoms with Crippen molar-refractivity contribution in [2.75, 3.05) is 13.2 Å². The molecule has 4 nitrogen and oxygen atoms in total.